The topological polar surface area (TPSA) is 58.6 Å². The van der Waals surface area contributed by atoms with E-state index < -0.39 is 0 Å². The van der Waals surface area contributed by atoms with Gasteiger partial charge in [-0.25, -0.2) is 0 Å². The molecule has 0 aliphatic rings. The molecule has 0 saturated carbocycles. The van der Waals surface area contributed by atoms with E-state index in [1.807, 2.05) is 13.0 Å². The molecule has 96 valence electrons. The lowest BCUT2D eigenvalue weighted by atomic mass is 10.2. The predicted molar refractivity (Wildman–Crippen MR) is 70.5 cm³/mol. The lowest BCUT2D eigenvalue weighted by molar-refractivity contribution is -0.116. The Morgan fingerprint density at radius 2 is 2.22 bits per heavy atom. The van der Waals surface area contributed by atoms with Crippen molar-refractivity contribution < 1.29 is 14.6 Å². The highest BCUT2D eigenvalue weighted by molar-refractivity contribution is 5.87. The van der Waals surface area contributed by atoms with Crippen LogP contribution in [0.2, 0.25) is 0 Å². The third-order valence-electron chi connectivity index (χ3n) is 2.26. The molecular formula is C14H17NO3. The lowest BCUT2D eigenvalue weighted by Crippen LogP contribution is -2.20. The Morgan fingerprint density at radius 1 is 1.44 bits per heavy atom. The van der Waals surface area contributed by atoms with E-state index in [1.165, 1.54) is 19.3 Å². The summed E-state index contributed by atoms with van der Waals surface area (Å²) in [6.07, 6.45) is 6.75. The van der Waals surface area contributed by atoms with E-state index in [0.29, 0.717) is 12.3 Å². The van der Waals surface area contributed by atoms with Crippen molar-refractivity contribution in [3.8, 4) is 11.5 Å². The molecule has 0 radical (unpaired) electrons. The van der Waals surface area contributed by atoms with Gasteiger partial charge in [-0.15, -0.1) is 0 Å². The maximum atomic E-state index is 11.4. The van der Waals surface area contributed by atoms with Gasteiger partial charge in [0.2, 0.25) is 5.91 Å². The van der Waals surface area contributed by atoms with E-state index in [1.54, 1.807) is 24.3 Å². The number of carbonyl (C=O) groups is 1. The van der Waals surface area contributed by atoms with Gasteiger partial charge < -0.3 is 15.2 Å². The highest BCUT2D eigenvalue weighted by atomic mass is 16.5. The van der Waals surface area contributed by atoms with Crippen molar-refractivity contribution in [2.24, 2.45) is 0 Å². The molecule has 0 fully saturated rings. The van der Waals surface area contributed by atoms with E-state index in [-0.39, 0.29) is 11.7 Å². The summed E-state index contributed by atoms with van der Waals surface area (Å²) in [6, 6.07) is 4.95. The Labute approximate surface area is 107 Å². The lowest BCUT2D eigenvalue weighted by Gasteiger charge is -2.07. The van der Waals surface area contributed by atoms with Gasteiger partial charge in [0.25, 0.3) is 0 Å². The fraction of sp³-hybridized carbons (Fsp3) is 0.214. The first-order valence-electron chi connectivity index (χ1n) is 5.60. The number of phenols is 1. The molecule has 0 aromatic heterocycles. The van der Waals surface area contributed by atoms with Crippen LogP contribution in [0.15, 0.2) is 42.5 Å². The molecule has 0 saturated heterocycles. The van der Waals surface area contributed by atoms with Crippen LogP contribution >= 0.6 is 0 Å². The molecule has 18 heavy (non-hydrogen) atoms. The number of nitrogens with one attached hydrogen (secondary N) is 1. The number of ether oxygens (including phenoxy) is 1. The molecule has 1 rings (SSSR count). The number of aromatic hydroxyl groups is 1. The van der Waals surface area contributed by atoms with Crippen molar-refractivity contribution in [2.45, 2.75) is 13.5 Å². The number of carbonyl (C=O) groups excluding carboxylic acids is 1. The minimum absolute atomic E-state index is 0.0838. The van der Waals surface area contributed by atoms with Crippen LogP contribution in [0, 0.1) is 0 Å². The zero-order valence-electron chi connectivity index (χ0n) is 10.5. The highest BCUT2D eigenvalue weighted by Gasteiger charge is 2.03. The van der Waals surface area contributed by atoms with E-state index in [0.717, 1.165) is 5.56 Å². The van der Waals surface area contributed by atoms with Crippen LogP contribution in [0.25, 0.3) is 0 Å². The molecule has 0 spiro atoms. The maximum absolute atomic E-state index is 11.4. The molecule has 0 bridgehead atoms. The largest absolute Gasteiger partial charge is 0.504 e. The first kappa shape index (κ1) is 13.8. The Hall–Kier alpha value is -2.23. The van der Waals surface area contributed by atoms with E-state index in [4.69, 9.17) is 4.74 Å². The Kier molecular flexibility index (Phi) is 5.51. The molecule has 0 unspecified atom stereocenters. The Bertz CT molecular complexity index is 464. The number of amides is 1. The monoisotopic (exact) mass is 247 g/mol. The van der Waals surface area contributed by atoms with Crippen LogP contribution in [0.3, 0.4) is 0 Å². The van der Waals surface area contributed by atoms with Crippen LogP contribution in [-0.2, 0) is 11.3 Å². The number of methoxy groups -OCH3 is 1. The maximum Gasteiger partial charge on any atom is 0.244 e. The molecular weight excluding hydrogens is 230 g/mol. The zero-order valence-corrected chi connectivity index (χ0v) is 10.5. The first-order chi connectivity index (χ1) is 8.67. The average molecular weight is 247 g/mol. The second kappa shape index (κ2) is 7.17. The van der Waals surface area contributed by atoms with Gasteiger partial charge in [-0.1, -0.05) is 24.3 Å². The minimum Gasteiger partial charge on any atom is -0.504 e. The van der Waals surface area contributed by atoms with Gasteiger partial charge in [0.05, 0.1) is 7.11 Å². The van der Waals surface area contributed by atoms with Gasteiger partial charge in [-0.05, 0) is 24.6 Å². The van der Waals surface area contributed by atoms with Crippen molar-refractivity contribution >= 4 is 5.91 Å². The quantitative estimate of drug-likeness (QED) is 0.619. The fourth-order valence-electron chi connectivity index (χ4n) is 1.33. The SMILES string of the molecule is C/C=C/C=C/C(=O)NCc1ccc(O)c(OC)c1. The summed E-state index contributed by atoms with van der Waals surface area (Å²) in [7, 11) is 1.48. The third-order valence-corrected chi connectivity index (χ3v) is 2.26. The molecule has 0 aliphatic heterocycles. The normalized spacial score (nSPS) is 11.0. The minimum atomic E-state index is -0.167. The fourth-order valence-corrected chi connectivity index (χ4v) is 1.33. The summed E-state index contributed by atoms with van der Waals surface area (Å²) in [5, 5.41) is 12.2. The van der Waals surface area contributed by atoms with Crippen molar-refractivity contribution in [3.63, 3.8) is 0 Å². The molecule has 0 atom stereocenters. The van der Waals surface area contributed by atoms with Crippen molar-refractivity contribution in [1.82, 2.24) is 5.32 Å². The Balaban J connectivity index is 2.56. The summed E-state index contributed by atoms with van der Waals surface area (Å²) in [6.45, 7) is 2.26. The van der Waals surface area contributed by atoms with Gasteiger partial charge >= 0.3 is 0 Å². The molecule has 1 aromatic carbocycles. The summed E-state index contributed by atoms with van der Waals surface area (Å²) in [5.74, 6) is 0.312. The van der Waals surface area contributed by atoms with Gasteiger partial charge in [0.1, 0.15) is 0 Å². The molecule has 0 heterocycles. The van der Waals surface area contributed by atoms with Crippen LogP contribution in [0.1, 0.15) is 12.5 Å². The summed E-state index contributed by atoms with van der Waals surface area (Å²) in [4.78, 5) is 11.4. The molecule has 4 heteroatoms. The number of phenolic OH excluding ortho intramolecular Hbond substituents is 1. The van der Waals surface area contributed by atoms with Crippen LogP contribution < -0.4 is 10.1 Å². The molecule has 4 nitrogen and oxygen atoms in total. The van der Waals surface area contributed by atoms with Crippen molar-refractivity contribution in [2.75, 3.05) is 7.11 Å². The molecule has 1 amide bonds. The van der Waals surface area contributed by atoms with E-state index >= 15 is 0 Å². The standard InChI is InChI=1S/C14H17NO3/c1-3-4-5-6-14(17)15-10-11-7-8-12(16)13(9-11)18-2/h3-9,16H,10H2,1-2H3,(H,15,17)/b4-3+,6-5+. The second-order valence-electron chi connectivity index (χ2n) is 3.61. The third kappa shape index (κ3) is 4.33. The number of allylic oxidation sites excluding steroid dienone is 3. The first-order valence-corrected chi connectivity index (χ1v) is 5.60. The molecule has 2 N–H and O–H groups in total. The Morgan fingerprint density at radius 3 is 2.89 bits per heavy atom. The summed E-state index contributed by atoms with van der Waals surface area (Å²) < 4.78 is 4.99. The molecule has 0 aliphatic carbocycles. The second-order valence-corrected chi connectivity index (χ2v) is 3.61. The van der Waals surface area contributed by atoms with E-state index in [2.05, 4.69) is 5.32 Å². The number of benzene rings is 1. The van der Waals surface area contributed by atoms with Crippen molar-refractivity contribution in [1.29, 1.82) is 0 Å². The average Bonchev–Trinajstić information content (AvgIpc) is 2.38. The van der Waals surface area contributed by atoms with Gasteiger partial charge in [0.15, 0.2) is 11.5 Å². The van der Waals surface area contributed by atoms with Crippen LogP contribution in [0.5, 0.6) is 11.5 Å². The summed E-state index contributed by atoms with van der Waals surface area (Å²) in [5.41, 5.74) is 0.859. The van der Waals surface area contributed by atoms with Gasteiger partial charge in [0, 0.05) is 12.6 Å². The van der Waals surface area contributed by atoms with Crippen LogP contribution in [0.4, 0.5) is 0 Å². The van der Waals surface area contributed by atoms with E-state index in [9.17, 15) is 9.90 Å². The van der Waals surface area contributed by atoms with Gasteiger partial charge in [-0.3, -0.25) is 4.79 Å². The highest BCUT2D eigenvalue weighted by Crippen LogP contribution is 2.25. The summed E-state index contributed by atoms with van der Waals surface area (Å²) >= 11 is 0. The number of rotatable bonds is 5. The number of hydrogen-bond acceptors (Lipinski definition) is 3. The predicted octanol–water partition coefficient (Wildman–Crippen LogP) is 2.15. The van der Waals surface area contributed by atoms with Gasteiger partial charge in [-0.2, -0.15) is 0 Å². The van der Waals surface area contributed by atoms with Crippen LogP contribution in [-0.4, -0.2) is 18.1 Å². The van der Waals surface area contributed by atoms with Crippen molar-refractivity contribution in [3.05, 3.63) is 48.1 Å². The smallest absolute Gasteiger partial charge is 0.244 e. The molecule has 1 aromatic rings. The number of hydrogen-bond donors (Lipinski definition) is 2. The zero-order chi connectivity index (χ0) is 13.4.